The summed E-state index contributed by atoms with van der Waals surface area (Å²) in [5.41, 5.74) is 3.73. The van der Waals surface area contributed by atoms with Gasteiger partial charge in [-0.1, -0.05) is 58.4 Å². The summed E-state index contributed by atoms with van der Waals surface area (Å²) in [6, 6.07) is 24.6. The van der Waals surface area contributed by atoms with Crippen LogP contribution < -0.4 is 0 Å². The second-order valence-corrected chi connectivity index (χ2v) is 10.2. The summed E-state index contributed by atoms with van der Waals surface area (Å²) >= 11 is 3.59. The van der Waals surface area contributed by atoms with Crippen LogP contribution in [0.25, 0.3) is 0 Å². The molecule has 0 spiro atoms. The molecule has 4 nitrogen and oxygen atoms in total. The van der Waals surface area contributed by atoms with Gasteiger partial charge in [0.05, 0.1) is 11.1 Å². The zero-order chi connectivity index (χ0) is 22.5. The molecule has 33 heavy (non-hydrogen) atoms. The molecule has 0 amide bonds. The van der Waals surface area contributed by atoms with Crippen LogP contribution in [0.1, 0.15) is 44.2 Å². The van der Waals surface area contributed by atoms with E-state index in [1.165, 1.54) is 11.1 Å². The van der Waals surface area contributed by atoms with Crippen LogP contribution in [0.5, 0.6) is 0 Å². The number of ether oxygens (including phenoxy) is 2. The SMILES string of the molecule is O=C(OC1C2CC(C1OC(=O)c1ccccc1)C1c3ccc(Br)cc3CC21)c1ccccc1. The molecule has 3 aliphatic carbocycles. The van der Waals surface area contributed by atoms with E-state index in [1.54, 1.807) is 24.3 Å². The summed E-state index contributed by atoms with van der Waals surface area (Å²) in [5.74, 6) is 0.331. The van der Waals surface area contributed by atoms with Crippen molar-refractivity contribution in [3.05, 3.63) is 106 Å². The minimum absolute atomic E-state index is 0.142. The number of rotatable bonds is 4. The molecule has 5 heteroatoms. The first-order chi connectivity index (χ1) is 16.1. The first kappa shape index (κ1) is 20.7. The lowest BCUT2D eigenvalue weighted by molar-refractivity contribution is -0.0698. The van der Waals surface area contributed by atoms with E-state index >= 15 is 0 Å². The Balaban J connectivity index is 1.32. The number of carbonyl (C=O) groups excluding carboxylic acids is 2. The molecule has 0 aromatic heterocycles. The zero-order valence-corrected chi connectivity index (χ0v) is 19.5. The van der Waals surface area contributed by atoms with E-state index in [1.807, 2.05) is 36.4 Å². The minimum Gasteiger partial charge on any atom is -0.455 e. The molecule has 0 N–H and O–H groups in total. The van der Waals surface area contributed by atoms with Gasteiger partial charge in [0, 0.05) is 16.3 Å². The van der Waals surface area contributed by atoms with Gasteiger partial charge < -0.3 is 9.47 Å². The molecule has 6 unspecified atom stereocenters. The Morgan fingerprint density at radius 1 is 0.727 bits per heavy atom. The first-order valence-corrected chi connectivity index (χ1v) is 12.2. The quantitative estimate of drug-likeness (QED) is 0.422. The number of esters is 2. The maximum Gasteiger partial charge on any atom is 0.338 e. The van der Waals surface area contributed by atoms with Crippen molar-refractivity contribution in [1.82, 2.24) is 0 Å². The van der Waals surface area contributed by atoms with Crippen LogP contribution in [-0.2, 0) is 15.9 Å². The standard InChI is InChI=1S/C28H23BrO4/c29-19-11-12-20-18(13-19)14-21-22-15-23(24(20)21)26(33-28(31)17-9-5-2-6-10-17)25(22)32-27(30)16-7-3-1-4-8-16/h1-13,21-26H,14-15H2. The third-order valence-electron chi connectivity index (χ3n) is 7.61. The molecular weight excluding hydrogens is 480 g/mol. The predicted molar refractivity (Wildman–Crippen MR) is 127 cm³/mol. The molecule has 6 atom stereocenters. The highest BCUT2D eigenvalue weighted by molar-refractivity contribution is 9.10. The molecule has 0 radical (unpaired) electrons. The molecule has 2 saturated carbocycles. The molecule has 166 valence electrons. The number of halogens is 1. The van der Waals surface area contributed by atoms with Crippen LogP contribution in [0.4, 0.5) is 0 Å². The van der Waals surface area contributed by atoms with Crippen molar-refractivity contribution in [2.45, 2.75) is 31.0 Å². The second kappa shape index (κ2) is 8.14. The number of carbonyl (C=O) groups is 2. The van der Waals surface area contributed by atoms with Crippen molar-refractivity contribution in [2.24, 2.45) is 17.8 Å². The van der Waals surface area contributed by atoms with Crippen molar-refractivity contribution in [2.75, 3.05) is 0 Å². The maximum absolute atomic E-state index is 13.0. The van der Waals surface area contributed by atoms with Crippen molar-refractivity contribution in [3.8, 4) is 0 Å². The Hall–Kier alpha value is -2.92. The summed E-state index contributed by atoms with van der Waals surface area (Å²) in [5, 5.41) is 0. The second-order valence-electron chi connectivity index (χ2n) is 9.27. The zero-order valence-electron chi connectivity index (χ0n) is 17.9. The van der Waals surface area contributed by atoms with E-state index in [-0.39, 0.29) is 23.8 Å². The fourth-order valence-corrected chi connectivity index (χ4v) is 6.74. The van der Waals surface area contributed by atoms with Gasteiger partial charge in [-0.15, -0.1) is 0 Å². The van der Waals surface area contributed by atoms with E-state index in [4.69, 9.17) is 9.47 Å². The van der Waals surface area contributed by atoms with Gasteiger partial charge >= 0.3 is 11.9 Å². The normalized spacial score (nSPS) is 28.8. The molecule has 2 fully saturated rings. The summed E-state index contributed by atoms with van der Waals surface area (Å²) in [6.45, 7) is 0. The Morgan fingerprint density at radius 3 is 1.91 bits per heavy atom. The lowest BCUT2D eigenvalue weighted by Gasteiger charge is -2.37. The fourth-order valence-electron chi connectivity index (χ4n) is 6.33. The molecule has 2 bridgehead atoms. The van der Waals surface area contributed by atoms with Crippen molar-refractivity contribution >= 4 is 27.9 Å². The molecular formula is C28H23BrO4. The molecule has 3 aromatic carbocycles. The van der Waals surface area contributed by atoms with Crippen LogP contribution in [0.15, 0.2) is 83.3 Å². The van der Waals surface area contributed by atoms with Gasteiger partial charge in [-0.2, -0.15) is 0 Å². The van der Waals surface area contributed by atoms with Crippen LogP contribution in [-0.4, -0.2) is 24.1 Å². The smallest absolute Gasteiger partial charge is 0.338 e. The lowest BCUT2D eigenvalue weighted by Crippen LogP contribution is -2.45. The molecule has 6 rings (SSSR count). The third kappa shape index (κ3) is 3.50. The van der Waals surface area contributed by atoms with E-state index in [0.717, 1.165) is 17.3 Å². The first-order valence-electron chi connectivity index (χ1n) is 11.4. The van der Waals surface area contributed by atoms with E-state index in [0.29, 0.717) is 23.0 Å². The summed E-state index contributed by atoms with van der Waals surface area (Å²) in [4.78, 5) is 26.0. The van der Waals surface area contributed by atoms with Gasteiger partial charge in [-0.05, 0) is 72.2 Å². The van der Waals surface area contributed by atoms with Crippen molar-refractivity contribution in [1.29, 1.82) is 0 Å². The number of hydrogen-bond donors (Lipinski definition) is 0. The van der Waals surface area contributed by atoms with Gasteiger partial charge in [-0.3, -0.25) is 0 Å². The van der Waals surface area contributed by atoms with E-state index in [9.17, 15) is 9.59 Å². The van der Waals surface area contributed by atoms with Crippen molar-refractivity contribution < 1.29 is 19.1 Å². The van der Waals surface area contributed by atoms with Gasteiger partial charge in [-0.25, -0.2) is 9.59 Å². The van der Waals surface area contributed by atoms with Gasteiger partial charge in [0.2, 0.25) is 0 Å². The average Bonchev–Trinajstić information content (AvgIpc) is 3.49. The highest BCUT2D eigenvalue weighted by atomic mass is 79.9. The molecule has 3 aromatic rings. The molecule has 0 saturated heterocycles. The Kier molecular flexibility index (Phi) is 5.10. The molecule has 0 heterocycles. The van der Waals surface area contributed by atoms with Crippen LogP contribution in [0, 0.1) is 17.8 Å². The van der Waals surface area contributed by atoms with Gasteiger partial charge in [0.25, 0.3) is 0 Å². The summed E-state index contributed by atoms with van der Waals surface area (Å²) in [7, 11) is 0. The van der Waals surface area contributed by atoms with Gasteiger partial charge in [0.1, 0.15) is 12.2 Å². The Labute approximate surface area is 201 Å². The van der Waals surface area contributed by atoms with Crippen LogP contribution in [0.3, 0.4) is 0 Å². The molecule has 3 aliphatic rings. The topological polar surface area (TPSA) is 52.6 Å². The summed E-state index contributed by atoms with van der Waals surface area (Å²) < 4.78 is 13.3. The highest BCUT2D eigenvalue weighted by Crippen LogP contribution is 2.63. The minimum atomic E-state index is -0.453. The monoisotopic (exact) mass is 502 g/mol. The van der Waals surface area contributed by atoms with E-state index < -0.39 is 12.2 Å². The number of hydrogen-bond acceptors (Lipinski definition) is 4. The van der Waals surface area contributed by atoms with E-state index in [2.05, 4.69) is 34.1 Å². The van der Waals surface area contributed by atoms with Crippen molar-refractivity contribution in [3.63, 3.8) is 0 Å². The molecule has 0 aliphatic heterocycles. The van der Waals surface area contributed by atoms with Crippen LogP contribution >= 0.6 is 15.9 Å². The van der Waals surface area contributed by atoms with Crippen LogP contribution in [0.2, 0.25) is 0 Å². The maximum atomic E-state index is 13.0. The van der Waals surface area contributed by atoms with Gasteiger partial charge in [0.15, 0.2) is 0 Å². The highest BCUT2D eigenvalue weighted by Gasteiger charge is 2.63. The Bertz CT molecular complexity index is 1210. The Morgan fingerprint density at radius 2 is 1.30 bits per heavy atom. The average molecular weight is 503 g/mol. The predicted octanol–water partition coefficient (Wildman–Crippen LogP) is 5.81. The third-order valence-corrected chi connectivity index (χ3v) is 8.10. The lowest BCUT2D eigenvalue weighted by atomic mass is 9.76. The largest absolute Gasteiger partial charge is 0.455 e. The fraction of sp³-hybridized carbons (Fsp3) is 0.286. The number of benzene rings is 3. The number of fused-ring (bicyclic) bond motifs is 7. The summed E-state index contributed by atoms with van der Waals surface area (Å²) in [6.07, 6.45) is 0.990.